The van der Waals surface area contributed by atoms with Gasteiger partial charge < -0.3 is 15.0 Å². The quantitative estimate of drug-likeness (QED) is 0.453. The Morgan fingerprint density at radius 1 is 1.29 bits per heavy atom. The van der Waals surface area contributed by atoms with Crippen molar-refractivity contribution in [1.29, 1.82) is 0 Å². The fourth-order valence-corrected chi connectivity index (χ4v) is 3.87. The molecule has 4 rings (SSSR count). The van der Waals surface area contributed by atoms with Crippen LogP contribution in [-0.2, 0) is 4.79 Å². The van der Waals surface area contributed by atoms with Gasteiger partial charge >= 0.3 is 0 Å². The summed E-state index contributed by atoms with van der Waals surface area (Å²) in [5, 5.41) is 13.8. The van der Waals surface area contributed by atoms with Crippen LogP contribution in [0.5, 0.6) is 5.75 Å². The van der Waals surface area contributed by atoms with Crippen molar-refractivity contribution in [2.24, 2.45) is 5.10 Å². The molecular formula is C20H20N6O4S. The molecule has 1 amide bonds. The molecule has 10 nitrogen and oxygen atoms in total. The summed E-state index contributed by atoms with van der Waals surface area (Å²) < 4.78 is 11.6. The van der Waals surface area contributed by atoms with Gasteiger partial charge in [-0.05, 0) is 48.9 Å². The minimum Gasteiger partial charge on any atom is -0.497 e. The number of hydrogen-bond donors (Lipinski definition) is 1. The van der Waals surface area contributed by atoms with Crippen molar-refractivity contribution in [3.8, 4) is 5.75 Å². The van der Waals surface area contributed by atoms with Crippen LogP contribution in [0.15, 0.2) is 62.1 Å². The molecule has 3 heterocycles. The van der Waals surface area contributed by atoms with E-state index in [9.17, 15) is 9.59 Å². The Balaban J connectivity index is 1.56. The minimum atomic E-state index is -0.459. The number of furan rings is 1. The number of aryl methyl sites for hydroxylation is 1. The van der Waals surface area contributed by atoms with E-state index in [-0.39, 0.29) is 28.6 Å². The maximum atomic E-state index is 13.0. The maximum absolute atomic E-state index is 13.0. The predicted octanol–water partition coefficient (Wildman–Crippen LogP) is 1.73. The number of nitrogens with two attached hydrogens (primary N) is 1. The number of hydrazone groups is 1. The zero-order valence-corrected chi connectivity index (χ0v) is 17.7. The molecule has 2 aromatic heterocycles. The smallest absolute Gasteiger partial charge is 0.294 e. The first-order chi connectivity index (χ1) is 15.0. The summed E-state index contributed by atoms with van der Waals surface area (Å²) in [6, 6.07) is 10.7. The average Bonchev–Trinajstić information content (AvgIpc) is 3.47. The van der Waals surface area contributed by atoms with Gasteiger partial charge in [-0.3, -0.25) is 9.59 Å². The first-order valence-corrected chi connectivity index (χ1v) is 10.4. The molecule has 11 heteroatoms. The molecule has 2 N–H and O–H groups in total. The van der Waals surface area contributed by atoms with Crippen LogP contribution in [-0.4, -0.2) is 44.4 Å². The van der Waals surface area contributed by atoms with Gasteiger partial charge in [0.1, 0.15) is 23.2 Å². The number of hydrogen-bond acceptors (Lipinski definition) is 9. The highest BCUT2D eigenvalue weighted by Crippen LogP contribution is 2.34. The average molecular weight is 440 g/mol. The van der Waals surface area contributed by atoms with E-state index in [0.29, 0.717) is 12.2 Å². The van der Waals surface area contributed by atoms with Crippen LogP contribution in [0, 0.1) is 6.92 Å². The van der Waals surface area contributed by atoms with Crippen molar-refractivity contribution in [2.45, 2.75) is 24.5 Å². The number of thioether (sulfide) groups is 1. The van der Waals surface area contributed by atoms with Crippen LogP contribution in [0.3, 0.4) is 0 Å². The Kier molecular flexibility index (Phi) is 5.76. The molecule has 160 valence electrons. The highest BCUT2D eigenvalue weighted by molar-refractivity contribution is 7.99. The van der Waals surface area contributed by atoms with E-state index >= 15 is 0 Å². The van der Waals surface area contributed by atoms with Gasteiger partial charge in [-0.25, -0.2) is 5.01 Å². The molecule has 0 fully saturated rings. The number of nitrogen functional groups attached to an aromatic ring is 1. The van der Waals surface area contributed by atoms with Crippen LogP contribution >= 0.6 is 11.8 Å². The third kappa shape index (κ3) is 4.17. The Morgan fingerprint density at radius 2 is 2.06 bits per heavy atom. The Hall–Kier alpha value is -3.60. The highest BCUT2D eigenvalue weighted by atomic mass is 32.2. The van der Waals surface area contributed by atoms with Gasteiger partial charge in [-0.1, -0.05) is 11.8 Å². The molecule has 0 spiro atoms. The number of ether oxygens (including phenoxy) is 1. The van der Waals surface area contributed by atoms with Gasteiger partial charge in [0, 0.05) is 6.42 Å². The van der Waals surface area contributed by atoms with Gasteiger partial charge in [-0.15, -0.1) is 10.2 Å². The zero-order valence-electron chi connectivity index (χ0n) is 16.9. The van der Waals surface area contributed by atoms with Crippen molar-refractivity contribution in [1.82, 2.24) is 19.9 Å². The van der Waals surface area contributed by atoms with E-state index in [4.69, 9.17) is 15.0 Å². The second-order valence-corrected chi connectivity index (χ2v) is 7.72. The molecule has 0 unspecified atom stereocenters. The zero-order chi connectivity index (χ0) is 22.0. The highest BCUT2D eigenvalue weighted by Gasteiger charge is 2.35. The number of aromatic nitrogens is 3. The van der Waals surface area contributed by atoms with Gasteiger partial charge in [-0.2, -0.15) is 9.78 Å². The standard InChI is InChI=1S/C20H20N6O4S/c1-12-19(28)25(21)20(23-22-12)31-11-18(27)26-16(17-4-3-9-30-17)10-15(24-26)13-5-7-14(29-2)8-6-13/h3-9,16H,10-11,21H2,1-2H3/t16-/m1/s1. The first kappa shape index (κ1) is 20.7. The molecule has 1 aliphatic rings. The van der Waals surface area contributed by atoms with Crippen molar-refractivity contribution >= 4 is 23.4 Å². The van der Waals surface area contributed by atoms with E-state index in [2.05, 4.69) is 15.3 Å². The number of carbonyl (C=O) groups is 1. The van der Waals surface area contributed by atoms with Crippen LogP contribution in [0.25, 0.3) is 0 Å². The predicted molar refractivity (Wildman–Crippen MR) is 114 cm³/mol. The number of rotatable bonds is 6. The lowest BCUT2D eigenvalue weighted by molar-refractivity contribution is -0.130. The lowest BCUT2D eigenvalue weighted by atomic mass is 10.0. The summed E-state index contributed by atoms with van der Waals surface area (Å²) >= 11 is 1.02. The summed E-state index contributed by atoms with van der Waals surface area (Å²) in [7, 11) is 1.60. The van der Waals surface area contributed by atoms with Crippen molar-refractivity contribution in [3.05, 3.63) is 70.0 Å². The largest absolute Gasteiger partial charge is 0.497 e. The van der Waals surface area contributed by atoms with Crippen LogP contribution in [0.4, 0.5) is 0 Å². The third-order valence-electron chi connectivity index (χ3n) is 4.81. The fraction of sp³-hybridized carbons (Fsp3) is 0.250. The van der Waals surface area contributed by atoms with E-state index < -0.39 is 5.56 Å². The normalized spacial score (nSPS) is 15.7. The SMILES string of the molecule is COc1ccc(C2=NN(C(=O)CSc3nnc(C)c(=O)n3N)[C@@H](c3ccco3)C2)cc1. The summed E-state index contributed by atoms with van der Waals surface area (Å²) in [4.78, 5) is 25.0. The van der Waals surface area contributed by atoms with Gasteiger partial charge in [0.25, 0.3) is 11.5 Å². The van der Waals surface area contributed by atoms with Crippen LogP contribution in [0.1, 0.15) is 29.5 Å². The Bertz CT molecular complexity index is 1170. The number of methoxy groups -OCH3 is 1. The van der Waals surface area contributed by atoms with Gasteiger partial charge in [0.05, 0.1) is 24.8 Å². The number of amides is 1. The number of benzene rings is 1. The molecule has 0 aliphatic carbocycles. The van der Waals surface area contributed by atoms with Crippen molar-refractivity contribution in [3.63, 3.8) is 0 Å². The summed E-state index contributed by atoms with van der Waals surface area (Å²) in [5.74, 6) is 6.83. The molecule has 3 aromatic rings. The van der Waals surface area contributed by atoms with E-state index in [1.807, 2.05) is 30.3 Å². The Morgan fingerprint density at radius 3 is 2.74 bits per heavy atom. The third-order valence-corrected chi connectivity index (χ3v) is 5.73. The lowest BCUT2D eigenvalue weighted by Crippen LogP contribution is -2.33. The van der Waals surface area contributed by atoms with E-state index in [1.54, 1.807) is 19.4 Å². The van der Waals surface area contributed by atoms with Gasteiger partial charge in [0.15, 0.2) is 0 Å². The Labute approximate surface area is 181 Å². The number of nitrogens with zero attached hydrogens (tertiary/aromatic N) is 5. The lowest BCUT2D eigenvalue weighted by Gasteiger charge is -2.19. The first-order valence-electron chi connectivity index (χ1n) is 9.39. The maximum Gasteiger partial charge on any atom is 0.294 e. The van der Waals surface area contributed by atoms with Crippen LogP contribution < -0.4 is 16.1 Å². The summed E-state index contributed by atoms with van der Waals surface area (Å²) in [5.41, 5.74) is 1.37. The van der Waals surface area contributed by atoms with E-state index in [1.165, 1.54) is 11.9 Å². The fourth-order valence-electron chi connectivity index (χ4n) is 3.16. The monoisotopic (exact) mass is 440 g/mol. The van der Waals surface area contributed by atoms with E-state index in [0.717, 1.165) is 33.5 Å². The second kappa shape index (κ2) is 8.64. The molecule has 0 radical (unpaired) electrons. The van der Waals surface area contributed by atoms with Gasteiger partial charge in [0.2, 0.25) is 5.16 Å². The summed E-state index contributed by atoms with van der Waals surface area (Å²) in [6.07, 6.45) is 2.06. The minimum absolute atomic E-state index is 0.0228. The molecule has 1 atom stereocenters. The topological polar surface area (TPSA) is 129 Å². The van der Waals surface area contributed by atoms with Crippen molar-refractivity contribution < 1.29 is 13.9 Å². The number of carbonyl (C=O) groups excluding carboxylic acids is 1. The molecule has 0 bridgehead atoms. The molecular weight excluding hydrogens is 420 g/mol. The molecule has 0 saturated carbocycles. The molecule has 0 saturated heterocycles. The molecule has 1 aromatic carbocycles. The molecule has 31 heavy (non-hydrogen) atoms. The van der Waals surface area contributed by atoms with Crippen LogP contribution in [0.2, 0.25) is 0 Å². The second-order valence-electron chi connectivity index (χ2n) is 6.78. The summed E-state index contributed by atoms with van der Waals surface area (Å²) in [6.45, 7) is 1.52. The van der Waals surface area contributed by atoms with Crippen molar-refractivity contribution in [2.75, 3.05) is 18.7 Å². The molecule has 1 aliphatic heterocycles.